The monoisotopic (exact) mass is 256 g/mol. The van der Waals surface area contributed by atoms with E-state index in [1.807, 2.05) is 30.3 Å². The fourth-order valence-corrected chi connectivity index (χ4v) is 1.71. The lowest BCUT2D eigenvalue weighted by atomic mass is 10.2. The maximum atomic E-state index is 12.1. The predicted octanol–water partition coefficient (Wildman–Crippen LogP) is 3.67. The maximum absolute atomic E-state index is 12.1. The molecule has 1 heterocycles. The number of benzene rings is 2. The highest BCUT2D eigenvalue weighted by molar-refractivity contribution is 5.59. The molecule has 3 rings (SSSR count). The van der Waals surface area contributed by atoms with Crippen molar-refractivity contribution in [2.24, 2.45) is 0 Å². The molecule has 0 saturated heterocycles. The van der Waals surface area contributed by atoms with Gasteiger partial charge in [0.2, 0.25) is 11.8 Å². The van der Waals surface area contributed by atoms with Crippen molar-refractivity contribution in [2.75, 3.05) is 0 Å². The van der Waals surface area contributed by atoms with Crippen molar-refractivity contribution in [1.29, 1.82) is 0 Å². The molecule has 1 aromatic heterocycles. The Kier molecular flexibility index (Phi) is 2.94. The third-order valence-corrected chi connectivity index (χ3v) is 2.62. The highest BCUT2D eigenvalue weighted by Gasteiger charge is 2.10. The average Bonchev–Trinajstić information content (AvgIpc) is 2.98. The van der Waals surface area contributed by atoms with Gasteiger partial charge in [-0.1, -0.05) is 24.3 Å². The molecule has 5 heteroatoms. The minimum absolute atomic E-state index is 0.0944. The van der Waals surface area contributed by atoms with Crippen LogP contribution in [0.1, 0.15) is 0 Å². The predicted molar refractivity (Wildman–Crippen MR) is 66.9 cm³/mol. The van der Waals surface area contributed by atoms with E-state index in [0.29, 0.717) is 17.3 Å². The Balaban J connectivity index is 1.97. The van der Waals surface area contributed by atoms with E-state index in [2.05, 4.69) is 15.1 Å². The molecule has 0 saturated carbocycles. The smallest absolute Gasteiger partial charge is 0.248 e. The summed E-state index contributed by atoms with van der Waals surface area (Å²) in [5.41, 5.74) is 1.43. The second-order valence-electron chi connectivity index (χ2n) is 3.88. The van der Waals surface area contributed by atoms with Gasteiger partial charge in [-0.2, -0.15) is 0 Å². The summed E-state index contributed by atoms with van der Waals surface area (Å²) in [4.78, 5) is 3.68. The Morgan fingerprint density at radius 2 is 1.53 bits per heavy atom. The molecule has 0 aliphatic carbocycles. The van der Waals surface area contributed by atoms with Crippen molar-refractivity contribution in [3.8, 4) is 28.7 Å². The summed E-state index contributed by atoms with van der Waals surface area (Å²) in [5, 5.41) is 7.91. The topological polar surface area (TPSA) is 48.2 Å². The molecule has 0 N–H and O–H groups in total. The molecule has 4 nitrogen and oxygen atoms in total. The quantitative estimate of drug-likeness (QED) is 0.717. The third kappa shape index (κ3) is 2.30. The molecule has 0 aliphatic heterocycles. The lowest BCUT2D eigenvalue weighted by Crippen LogP contribution is -1.80. The van der Waals surface area contributed by atoms with Crippen LogP contribution in [0.5, 0.6) is 5.75 Å². The number of nitrogens with zero attached hydrogens (tertiary/aromatic N) is 2. The van der Waals surface area contributed by atoms with Crippen LogP contribution >= 0.6 is 0 Å². The van der Waals surface area contributed by atoms with Gasteiger partial charge in [0.15, 0.2) is 5.75 Å². The van der Waals surface area contributed by atoms with Gasteiger partial charge < -0.3 is 4.42 Å². The van der Waals surface area contributed by atoms with E-state index in [-0.39, 0.29) is 5.75 Å². The third-order valence-electron chi connectivity index (χ3n) is 2.62. The second kappa shape index (κ2) is 4.89. The second-order valence-corrected chi connectivity index (χ2v) is 3.88. The van der Waals surface area contributed by atoms with Crippen LogP contribution in [0, 0.1) is 0 Å². The SMILES string of the molecule is FOc1cccc(-c2nnc(-c3ccccc3)o2)c1. The van der Waals surface area contributed by atoms with Gasteiger partial charge in [0.05, 0.1) is 0 Å². The van der Waals surface area contributed by atoms with Crippen LogP contribution in [-0.2, 0) is 0 Å². The zero-order valence-electron chi connectivity index (χ0n) is 9.79. The van der Waals surface area contributed by atoms with E-state index in [4.69, 9.17) is 4.42 Å². The Morgan fingerprint density at radius 1 is 0.842 bits per heavy atom. The maximum Gasteiger partial charge on any atom is 0.248 e. The summed E-state index contributed by atoms with van der Waals surface area (Å²) in [6, 6.07) is 15.8. The Hall–Kier alpha value is -2.69. The van der Waals surface area contributed by atoms with Crippen LogP contribution in [0.2, 0.25) is 0 Å². The molecule has 0 bridgehead atoms. The number of hydrogen-bond acceptors (Lipinski definition) is 4. The first-order valence-corrected chi connectivity index (χ1v) is 5.65. The van der Waals surface area contributed by atoms with Crippen molar-refractivity contribution in [3.63, 3.8) is 0 Å². The zero-order chi connectivity index (χ0) is 13.1. The average molecular weight is 256 g/mol. The molecule has 19 heavy (non-hydrogen) atoms. The van der Waals surface area contributed by atoms with Crippen molar-refractivity contribution in [1.82, 2.24) is 10.2 Å². The van der Waals surface area contributed by atoms with Crippen LogP contribution < -0.4 is 4.94 Å². The van der Waals surface area contributed by atoms with Gasteiger partial charge in [-0.25, -0.2) is 0 Å². The summed E-state index contributed by atoms with van der Waals surface area (Å²) < 4.78 is 17.7. The van der Waals surface area contributed by atoms with Gasteiger partial charge in [-0.15, -0.1) is 10.2 Å². The number of halogens is 1. The molecule has 0 radical (unpaired) electrons. The molecular formula is C14H9FN2O2. The number of rotatable bonds is 3. The summed E-state index contributed by atoms with van der Waals surface area (Å²) in [6.07, 6.45) is 0. The van der Waals surface area contributed by atoms with Crippen molar-refractivity contribution < 1.29 is 13.9 Å². The van der Waals surface area contributed by atoms with E-state index < -0.39 is 0 Å². The minimum atomic E-state index is 0.0944. The van der Waals surface area contributed by atoms with E-state index in [0.717, 1.165) is 5.56 Å². The molecular weight excluding hydrogens is 247 g/mol. The molecule has 94 valence electrons. The minimum Gasteiger partial charge on any atom is -0.416 e. The lowest BCUT2D eigenvalue weighted by Gasteiger charge is -1.96. The van der Waals surface area contributed by atoms with Crippen LogP contribution in [0.3, 0.4) is 0 Å². The van der Waals surface area contributed by atoms with Gasteiger partial charge in [-0.3, -0.25) is 4.94 Å². The fraction of sp³-hybridized carbons (Fsp3) is 0. The Labute approximate surface area is 108 Å². The highest BCUT2D eigenvalue weighted by atomic mass is 19.3. The van der Waals surface area contributed by atoms with Crippen LogP contribution in [0.4, 0.5) is 4.53 Å². The number of aromatic nitrogens is 2. The van der Waals surface area contributed by atoms with Crippen molar-refractivity contribution in [2.45, 2.75) is 0 Å². The van der Waals surface area contributed by atoms with Crippen LogP contribution in [-0.4, -0.2) is 10.2 Å². The molecule has 0 aliphatic rings. The molecule has 2 aromatic carbocycles. The largest absolute Gasteiger partial charge is 0.416 e. The first-order chi connectivity index (χ1) is 9.36. The standard InChI is InChI=1S/C14H9FN2O2/c15-19-12-8-4-7-11(9-12)14-17-16-13(18-14)10-5-2-1-3-6-10/h1-9H. The zero-order valence-corrected chi connectivity index (χ0v) is 9.79. The van der Waals surface area contributed by atoms with Crippen LogP contribution in [0.15, 0.2) is 59.0 Å². The first kappa shape index (κ1) is 11.4. The van der Waals surface area contributed by atoms with E-state index in [1.165, 1.54) is 12.1 Å². The Bertz CT molecular complexity index is 683. The molecule has 0 atom stereocenters. The fourth-order valence-electron chi connectivity index (χ4n) is 1.71. The van der Waals surface area contributed by atoms with Crippen LogP contribution in [0.25, 0.3) is 22.9 Å². The molecule has 0 spiro atoms. The summed E-state index contributed by atoms with van der Waals surface area (Å²) in [5.74, 6) is 0.830. The van der Waals surface area contributed by atoms with E-state index in [9.17, 15) is 4.53 Å². The highest BCUT2D eigenvalue weighted by Crippen LogP contribution is 2.26. The van der Waals surface area contributed by atoms with E-state index >= 15 is 0 Å². The summed E-state index contributed by atoms with van der Waals surface area (Å²) in [6.45, 7) is 0. The van der Waals surface area contributed by atoms with Gasteiger partial charge in [0.25, 0.3) is 0 Å². The molecule has 0 fully saturated rings. The molecule has 0 amide bonds. The molecule has 3 aromatic rings. The normalized spacial score (nSPS) is 10.4. The van der Waals surface area contributed by atoms with Gasteiger partial charge in [0, 0.05) is 15.7 Å². The van der Waals surface area contributed by atoms with Gasteiger partial charge in [-0.05, 0) is 30.3 Å². The van der Waals surface area contributed by atoms with Crippen molar-refractivity contribution >= 4 is 0 Å². The number of hydrogen-bond donors (Lipinski definition) is 0. The summed E-state index contributed by atoms with van der Waals surface area (Å²) in [7, 11) is 0. The van der Waals surface area contributed by atoms with E-state index in [1.54, 1.807) is 12.1 Å². The van der Waals surface area contributed by atoms with Gasteiger partial charge >= 0.3 is 0 Å². The lowest BCUT2D eigenvalue weighted by molar-refractivity contribution is -0.00615. The summed E-state index contributed by atoms with van der Waals surface area (Å²) >= 11 is 0. The van der Waals surface area contributed by atoms with Gasteiger partial charge in [0.1, 0.15) is 0 Å². The molecule has 0 unspecified atom stereocenters. The first-order valence-electron chi connectivity index (χ1n) is 5.65. The Morgan fingerprint density at radius 3 is 2.26 bits per heavy atom. The van der Waals surface area contributed by atoms with Crippen molar-refractivity contribution in [3.05, 3.63) is 54.6 Å².